The second-order valence-electron chi connectivity index (χ2n) is 10.8. The molecule has 2 fully saturated rings. The highest BCUT2D eigenvalue weighted by Crippen LogP contribution is 2.54. The molecule has 2 aliphatic heterocycles. The maximum Gasteiger partial charge on any atom is 0.173 e. The number of ether oxygens (including phenoxy) is 2. The summed E-state index contributed by atoms with van der Waals surface area (Å²) in [5.74, 6) is 0.0941. The molecule has 1 atom stereocenters. The minimum Gasteiger partial charge on any atom is -0.388 e. The summed E-state index contributed by atoms with van der Waals surface area (Å²) in [5, 5.41) is 13.2. The third-order valence-electron chi connectivity index (χ3n) is 7.76. The smallest absolute Gasteiger partial charge is 0.173 e. The molecular formula is C29H32ClN3O4S. The summed E-state index contributed by atoms with van der Waals surface area (Å²) in [6.45, 7) is 9.75. The molecule has 4 heterocycles. The Morgan fingerprint density at radius 1 is 1.03 bits per heavy atom. The number of morpholine rings is 2. The first kappa shape index (κ1) is 25.8. The molecule has 2 saturated heterocycles. The molecule has 3 aromatic rings. The van der Waals surface area contributed by atoms with E-state index in [4.69, 9.17) is 26.1 Å². The first-order valence-electron chi connectivity index (χ1n) is 13.1. The van der Waals surface area contributed by atoms with E-state index in [9.17, 15) is 9.90 Å². The second kappa shape index (κ2) is 10.2. The predicted molar refractivity (Wildman–Crippen MR) is 152 cm³/mol. The van der Waals surface area contributed by atoms with Crippen LogP contribution in [0.15, 0.2) is 36.5 Å². The molecule has 0 bridgehead atoms. The Balaban J connectivity index is 1.48. The molecular weight excluding hydrogens is 522 g/mol. The fourth-order valence-electron chi connectivity index (χ4n) is 5.61. The minimum absolute atomic E-state index is 0.0941. The van der Waals surface area contributed by atoms with Crippen LogP contribution in [0.2, 0.25) is 5.02 Å². The molecule has 1 aliphatic carbocycles. The van der Waals surface area contributed by atoms with Crippen LogP contribution in [0.25, 0.3) is 22.4 Å². The number of nitrogens with zero attached hydrogens (tertiary/aromatic N) is 3. The summed E-state index contributed by atoms with van der Waals surface area (Å²) in [4.78, 5) is 23.2. The van der Waals surface area contributed by atoms with Gasteiger partial charge < -0.3 is 24.4 Å². The van der Waals surface area contributed by atoms with Gasteiger partial charge in [-0.2, -0.15) is 0 Å². The van der Waals surface area contributed by atoms with Crippen molar-refractivity contribution in [3.63, 3.8) is 0 Å². The van der Waals surface area contributed by atoms with Crippen LogP contribution in [-0.2, 0) is 9.47 Å². The molecule has 38 heavy (non-hydrogen) atoms. The largest absolute Gasteiger partial charge is 0.388 e. The van der Waals surface area contributed by atoms with Gasteiger partial charge in [-0.15, -0.1) is 11.3 Å². The first-order valence-corrected chi connectivity index (χ1v) is 14.3. The lowest BCUT2D eigenvalue weighted by Crippen LogP contribution is -2.36. The second-order valence-corrected chi connectivity index (χ2v) is 12.2. The summed E-state index contributed by atoms with van der Waals surface area (Å²) in [5.41, 5.74) is 4.73. The molecule has 200 valence electrons. The van der Waals surface area contributed by atoms with Gasteiger partial charge in [-0.25, -0.2) is 0 Å². The van der Waals surface area contributed by atoms with Crippen molar-refractivity contribution in [3.8, 4) is 22.4 Å². The third-order valence-corrected chi connectivity index (χ3v) is 9.40. The van der Waals surface area contributed by atoms with Gasteiger partial charge in [0.1, 0.15) is 5.00 Å². The van der Waals surface area contributed by atoms with Crippen molar-refractivity contribution in [3.05, 3.63) is 52.0 Å². The van der Waals surface area contributed by atoms with Gasteiger partial charge in [0.2, 0.25) is 0 Å². The van der Waals surface area contributed by atoms with Crippen molar-refractivity contribution in [2.45, 2.75) is 26.4 Å². The van der Waals surface area contributed by atoms with E-state index in [0.717, 1.165) is 64.8 Å². The molecule has 0 saturated carbocycles. The Hall–Kier alpha value is -2.49. The maximum atomic E-state index is 13.3. The quantitative estimate of drug-likeness (QED) is 0.460. The van der Waals surface area contributed by atoms with Crippen molar-refractivity contribution < 1.29 is 19.4 Å². The van der Waals surface area contributed by atoms with Gasteiger partial charge in [0.15, 0.2) is 5.78 Å². The van der Waals surface area contributed by atoms with E-state index in [2.05, 4.69) is 15.9 Å². The zero-order chi connectivity index (χ0) is 26.4. The van der Waals surface area contributed by atoms with Crippen molar-refractivity contribution in [2.24, 2.45) is 5.41 Å². The minimum atomic E-state index is -0.749. The number of benzene rings is 1. The van der Waals surface area contributed by atoms with Crippen LogP contribution in [0.4, 0.5) is 10.7 Å². The summed E-state index contributed by atoms with van der Waals surface area (Å²) in [7, 11) is 0. The number of hydrogen-bond donors (Lipinski definition) is 1. The fourth-order valence-corrected chi connectivity index (χ4v) is 7.17. The van der Waals surface area contributed by atoms with Gasteiger partial charge in [0, 0.05) is 66.6 Å². The predicted octanol–water partition coefficient (Wildman–Crippen LogP) is 5.45. The Labute approximate surface area is 232 Å². The third kappa shape index (κ3) is 4.62. The highest BCUT2D eigenvalue weighted by molar-refractivity contribution is 7.19. The number of hydrogen-bond acceptors (Lipinski definition) is 8. The molecule has 1 N–H and O–H groups in total. The highest BCUT2D eigenvalue weighted by atomic mass is 35.5. The van der Waals surface area contributed by atoms with E-state index < -0.39 is 11.5 Å². The Morgan fingerprint density at radius 3 is 2.42 bits per heavy atom. The molecule has 7 nitrogen and oxygen atoms in total. The number of aromatic nitrogens is 1. The molecule has 6 rings (SSSR count). The molecule has 0 unspecified atom stereocenters. The monoisotopic (exact) mass is 553 g/mol. The van der Waals surface area contributed by atoms with Crippen LogP contribution >= 0.6 is 22.9 Å². The number of ketones is 1. The zero-order valence-corrected chi connectivity index (χ0v) is 23.3. The maximum absolute atomic E-state index is 13.3. The number of anilines is 2. The van der Waals surface area contributed by atoms with E-state index in [1.165, 1.54) is 11.3 Å². The number of thiophene rings is 1. The number of halogens is 1. The summed E-state index contributed by atoms with van der Waals surface area (Å²) in [6, 6.07) is 10.1. The fraction of sp³-hybridized carbons (Fsp3) is 0.448. The van der Waals surface area contributed by atoms with Crippen LogP contribution < -0.4 is 9.80 Å². The number of rotatable bonds is 4. The van der Waals surface area contributed by atoms with E-state index in [0.29, 0.717) is 42.7 Å². The van der Waals surface area contributed by atoms with Crippen molar-refractivity contribution >= 4 is 39.4 Å². The van der Waals surface area contributed by atoms with E-state index in [-0.39, 0.29) is 5.78 Å². The number of Topliss-reactive ketones (excluding diaryl/α,β-unsaturated/α-hetero) is 1. The van der Waals surface area contributed by atoms with Crippen LogP contribution in [-0.4, -0.2) is 68.5 Å². The number of fused-ring (bicyclic) bond motifs is 1. The van der Waals surface area contributed by atoms with Crippen LogP contribution in [0.1, 0.15) is 41.6 Å². The average Bonchev–Trinajstić information content (AvgIpc) is 3.34. The molecule has 0 spiro atoms. The Kier molecular flexibility index (Phi) is 6.95. The molecule has 9 heteroatoms. The molecule has 0 radical (unpaired) electrons. The van der Waals surface area contributed by atoms with E-state index in [1.807, 2.05) is 38.1 Å². The molecule has 0 amide bonds. The van der Waals surface area contributed by atoms with Gasteiger partial charge in [-0.3, -0.25) is 9.78 Å². The van der Waals surface area contributed by atoms with Gasteiger partial charge >= 0.3 is 0 Å². The van der Waals surface area contributed by atoms with Crippen molar-refractivity contribution in [1.29, 1.82) is 0 Å². The Bertz CT molecular complexity index is 1360. The molecule has 3 aliphatic rings. The number of carbonyl (C=O) groups excluding carboxylic acids is 1. The summed E-state index contributed by atoms with van der Waals surface area (Å²) in [6.07, 6.45) is 1.37. The van der Waals surface area contributed by atoms with E-state index >= 15 is 0 Å². The normalized spacial score (nSPS) is 21.5. The molecule has 2 aromatic heterocycles. The lowest BCUT2D eigenvalue weighted by atomic mass is 9.72. The summed E-state index contributed by atoms with van der Waals surface area (Å²) >= 11 is 8.20. The standard InChI is InChI=1S/C29H32ClN3O4S/c1-29(2)17-23(34)26-25(27(29)35)24(28(38-26)33-9-13-37-14-10-33)18-5-6-31-22(15-18)20-16-19(3-4-21(20)30)32-7-11-36-12-8-32/h3-6,15-16,27,35H,7-14,17H2,1-2H3/t27-/m0/s1. The zero-order valence-electron chi connectivity index (χ0n) is 21.7. The van der Waals surface area contributed by atoms with Crippen LogP contribution in [0, 0.1) is 5.41 Å². The van der Waals surface area contributed by atoms with Crippen molar-refractivity contribution in [2.75, 3.05) is 62.4 Å². The highest BCUT2D eigenvalue weighted by Gasteiger charge is 2.43. The number of carbonyl (C=O) groups is 1. The van der Waals surface area contributed by atoms with Gasteiger partial charge in [-0.05, 0) is 35.9 Å². The number of pyridine rings is 1. The Morgan fingerprint density at radius 2 is 1.71 bits per heavy atom. The lowest BCUT2D eigenvalue weighted by molar-refractivity contribution is 0.0330. The van der Waals surface area contributed by atoms with Gasteiger partial charge in [0.05, 0.1) is 48.1 Å². The van der Waals surface area contributed by atoms with Gasteiger partial charge in [-0.1, -0.05) is 25.4 Å². The van der Waals surface area contributed by atoms with Gasteiger partial charge in [0.25, 0.3) is 0 Å². The number of aliphatic hydroxyl groups is 1. The number of aliphatic hydroxyl groups excluding tert-OH is 1. The first-order chi connectivity index (χ1) is 18.3. The lowest BCUT2D eigenvalue weighted by Gasteiger charge is -2.35. The molecule has 1 aromatic carbocycles. The average molecular weight is 554 g/mol. The summed E-state index contributed by atoms with van der Waals surface area (Å²) < 4.78 is 11.1. The van der Waals surface area contributed by atoms with Crippen molar-refractivity contribution in [1.82, 2.24) is 4.98 Å². The SMILES string of the molecule is CC1(C)CC(=O)c2sc(N3CCOCC3)c(-c3ccnc(-c4cc(N5CCOCC5)ccc4Cl)c3)c2[C@@H]1O. The topological polar surface area (TPSA) is 75.1 Å². The van der Waals surface area contributed by atoms with Crippen LogP contribution in [0.3, 0.4) is 0 Å². The van der Waals surface area contributed by atoms with E-state index in [1.54, 1.807) is 6.20 Å². The van der Waals surface area contributed by atoms with Crippen LogP contribution in [0.5, 0.6) is 0 Å².